The number of benzene rings is 1. The van der Waals surface area contributed by atoms with E-state index in [1.165, 1.54) is 11.3 Å². The van der Waals surface area contributed by atoms with E-state index in [0.29, 0.717) is 10.4 Å². The summed E-state index contributed by atoms with van der Waals surface area (Å²) < 4.78 is 1.06. The summed E-state index contributed by atoms with van der Waals surface area (Å²) in [5, 5.41) is 9.70. The maximum atomic E-state index is 10.7. The van der Waals surface area contributed by atoms with Gasteiger partial charge in [-0.3, -0.25) is 4.79 Å². The van der Waals surface area contributed by atoms with Gasteiger partial charge in [0.1, 0.15) is 17.2 Å². The molecule has 0 aliphatic heterocycles. The molecule has 0 N–H and O–H groups in total. The first-order valence-electron chi connectivity index (χ1n) is 4.14. The van der Waals surface area contributed by atoms with Gasteiger partial charge in [-0.15, -0.1) is 11.3 Å². The van der Waals surface area contributed by atoms with Crippen molar-refractivity contribution in [3.63, 3.8) is 0 Å². The Hall–Kier alpha value is -1.66. The van der Waals surface area contributed by atoms with Crippen LogP contribution in [-0.4, -0.2) is 6.29 Å². The molecule has 0 radical (unpaired) electrons. The van der Waals surface area contributed by atoms with E-state index in [-0.39, 0.29) is 0 Å². The van der Waals surface area contributed by atoms with Gasteiger partial charge in [0.25, 0.3) is 0 Å². The Morgan fingerprint density at radius 1 is 1.43 bits per heavy atom. The second-order valence-electron chi connectivity index (χ2n) is 3.09. The van der Waals surface area contributed by atoms with Crippen LogP contribution in [0, 0.1) is 18.3 Å². The van der Waals surface area contributed by atoms with Crippen molar-refractivity contribution >= 4 is 27.7 Å². The van der Waals surface area contributed by atoms with Crippen molar-refractivity contribution in [2.75, 3.05) is 0 Å². The Morgan fingerprint density at radius 3 is 2.86 bits per heavy atom. The lowest BCUT2D eigenvalue weighted by Crippen LogP contribution is -1.83. The number of nitrogens with zero attached hydrogens (tertiary/aromatic N) is 1. The van der Waals surface area contributed by atoms with E-state index in [1.54, 1.807) is 0 Å². The van der Waals surface area contributed by atoms with Gasteiger partial charge in [0.15, 0.2) is 0 Å². The van der Waals surface area contributed by atoms with Gasteiger partial charge >= 0.3 is 0 Å². The zero-order valence-corrected chi connectivity index (χ0v) is 8.39. The number of aryl methyl sites for hydroxylation is 1. The minimum absolute atomic E-state index is 0.683. The highest BCUT2D eigenvalue weighted by Crippen LogP contribution is 2.27. The molecule has 0 saturated carbocycles. The summed E-state index contributed by atoms with van der Waals surface area (Å²) in [6, 6.07) is 7.69. The lowest BCUT2D eigenvalue weighted by atomic mass is 10.1. The number of nitriles is 1. The predicted octanol–water partition coefficient (Wildman–Crippen LogP) is 2.89. The molecule has 1 aromatic heterocycles. The monoisotopic (exact) mass is 201 g/mol. The third kappa shape index (κ3) is 1.30. The molecule has 0 bridgehead atoms. The van der Waals surface area contributed by atoms with Crippen molar-refractivity contribution in [1.29, 1.82) is 5.26 Å². The highest BCUT2D eigenvalue weighted by Gasteiger charge is 2.04. The Labute approximate surface area is 85.4 Å². The van der Waals surface area contributed by atoms with E-state index in [0.717, 1.165) is 21.9 Å². The SMILES string of the molecule is Cc1cc2sc(C#N)cc2cc1C=O. The first-order chi connectivity index (χ1) is 6.74. The Kier molecular flexibility index (Phi) is 2.06. The summed E-state index contributed by atoms with van der Waals surface area (Å²) in [7, 11) is 0. The van der Waals surface area contributed by atoms with Crippen molar-refractivity contribution in [2.45, 2.75) is 6.92 Å². The van der Waals surface area contributed by atoms with Crippen molar-refractivity contribution in [2.24, 2.45) is 0 Å². The first-order valence-corrected chi connectivity index (χ1v) is 4.95. The number of aldehydes is 1. The van der Waals surface area contributed by atoms with Crippen molar-refractivity contribution in [1.82, 2.24) is 0 Å². The number of carbonyl (C=O) groups excluding carboxylic acids is 1. The fraction of sp³-hybridized carbons (Fsp3) is 0.0909. The van der Waals surface area contributed by atoms with E-state index < -0.39 is 0 Å². The van der Waals surface area contributed by atoms with E-state index >= 15 is 0 Å². The van der Waals surface area contributed by atoms with E-state index in [1.807, 2.05) is 25.1 Å². The average Bonchev–Trinajstić information content (AvgIpc) is 2.58. The molecule has 0 spiro atoms. The Balaban J connectivity index is 2.77. The summed E-state index contributed by atoms with van der Waals surface area (Å²) in [4.78, 5) is 11.4. The molecule has 1 aromatic carbocycles. The smallest absolute Gasteiger partial charge is 0.150 e. The summed E-state index contributed by atoms with van der Waals surface area (Å²) in [6.45, 7) is 1.90. The third-order valence-corrected chi connectivity index (χ3v) is 3.14. The van der Waals surface area contributed by atoms with Crippen molar-refractivity contribution in [3.05, 3.63) is 34.2 Å². The lowest BCUT2D eigenvalue weighted by Gasteiger charge is -1.96. The van der Waals surface area contributed by atoms with Gasteiger partial charge in [0.05, 0.1) is 0 Å². The number of carbonyl (C=O) groups is 1. The highest BCUT2D eigenvalue weighted by molar-refractivity contribution is 7.19. The first kappa shape index (κ1) is 8.92. The van der Waals surface area contributed by atoms with Crippen molar-refractivity contribution < 1.29 is 4.79 Å². The Morgan fingerprint density at radius 2 is 2.21 bits per heavy atom. The minimum Gasteiger partial charge on any atom is -0.298 e. The van der Waals surface area contributed by atoms with Crippen LogP contribution >= 0.6 is 11.3 Å². The van der Waals surface area contributed by atoms with E-state index in [2.05, 4.69) is 6.07 Å². The van der Waals surface area contributed by atoms with Crippen LogP contribution in [0.5, 0.6) is 0 Å². The number of rotatable bonds is 1. The van der Waals surface area contributed by atoms with Gasteiger partial charge in [-0.2, -0.15) is 5.26 Å². The standard InChI is InChI=1S/C11H7NOS/c1-7-2-11-8(3-9(7)6-13)4-10(5-12)14-11/h2-4,6H,1H3. The zero-order chi connectivity index (χ0) is 10.1. The van der Waals surface area contributed by atoms with Crippen LogP contribution in [0.2, 0.25) is 0 Å². The molecule has 0 atom stereocenters. The van der Waals surface area contributed by atoms with Gasteiger partial charge in [-0.25, -0.2) is 0 Å². The van der Waals surface area contributed by atoms with Crippen LogP contribution < -0.4 is 0 Å². The molecule has 0 fully saturated rings. The molecule has 2 rings (SSSR count). The quantitative estimate of drug-likeness (QED) is 0.665. The molecule has 68 valence electrons. The summed E-state index contributed by atoms with van der Waals surface area (Å²) in [5.41, 5.74) is 1.65. The second kappa shape index (κ2) is 3.24. The minimum atomic E-state index is 0.683. The molecule has 0 aliphatic carbocycles. The third-order valence-electron chi connectivity index (χ3n) is 2.14. The molecular weight excluding hydrogens is 194 g/mol. The van der Waals surface area contributed by atoms with Crippen LogP contribution in [0.1, 0.15) is 20.8 Å². The van der Waals surface area contributed by atoms with E-state index in [9.17, 15) is 4.79 Å². The number of fused-ring (bicyclic) bond motifs is 1. The number of hydrogen-bond donors (Lipinski definition) is 0. The van der Waals surface area contributed by atoms with Crippen LogP contribution in [0.15, 0.2) is 18.2 Å². The van der Waals surface area contributed by atoms with Gasteiger partial charge in [0, 0.05) is 10.3 Å². The van der Waals surface area contributed by atoms with Gasteiger partial charge in [-0.05, 0) is 36.1 Å². The van der Waals surface area contributed by atoms with Gasteiger partial charge in [-0.1, -0.05) is 0 Å². The number of hydrogen-bond acceptors (Lipinski definition) is 3. The molecule has 0 saturated heterocycles. The van der Waals surface area contributed by atoms with Gasteiger partial charge < -0.3 is 0 Å². The predicted molar refractivity (Wildman–Crippen MR) is 56.7 cm³/mol. The van der Waals surface area contributed by atoms with E-state index in [4.69, 9.17) is 5.26 Å². The molecule has 0 unspecified atom stereocenters. The average molecular weight is 201 g/mol. The fourth-order valence-electron chi connectivity index (χ4n) is 1.39. The topological polar surface area (TPSA) is 40.9 Å². The summed E-state index contributed by atoms with van der Waals surface area (Å²) in [6.07, 6.45) is 0.846. The highest BCUT2D eigenvalue weighted by atomic mass is 32.1. The lowest BCUT2D eigenvalue weighted by molar-refractivity contribution is 0.112. The molecule has 0 amide bonds. The molecule has 0 aliphatic rings. The summed E-state index contributed by atoms with van der Waals surface area (Å²) >= 11 is 1.45. The maximum Gasteiger partial charge on any atom is 0.150 e. The second-order valence-corrected chi connectivity index (χ2v) is 4.17. The number of thiophene rings is 1. The van der Waals surface area contributed by atoms with Crippen molar-refractivity contribution in [3.8, 4) is 6.07 Å². The Bertz CT molecular complexity index is 548. The van der Waals surface area contributed by atoms with Crippen LogP contribution in [0.3, 0.4) is 0 Å². The van der Waals surface area contributed by atoms with Crippen LogP contribution in [-0.2, 0) is 0 Å². The molecule has 3 heteroatoms. The molecule has 2 aromatic rings. The van der Waals surface area contributed by atoms with Crippen LogP contribution in [0.25, 0.3) is 10.1 Å². The molecule has 1 heterocycles. The van der Waals surface area contributed by atoms with Crippen LogP contribution in [0.4, 0.5) is 0 Å². The van der Waals surface area contributed by atoms with Gasteiger partial charge in [0.2, 0.25) is 0 Å². The molecule has 2 nitrogen and oxygen atoms in total. The normalized spacial score (nSPS) is 10.0. The maximum absolute atomic E-state index is 10.7. The molecular formula is C11H7NOS. The fourth-order valence-corrected chi connectivity index (χ4v) is 2.33. The summed E-state index contributed by atoms with van der Waals surface area (Å²) in [5.74, 6) is 0. The zero-order valence-electron chi connectivity index (χ0n) is 7.57. The molecule has 14 heavy (non-hydrogen) atoms. The largest absolute Gasteiger partial charge is 0.298 e.